The van der Waals surface area contributed by atoms with Gasteiger partial charge in [-0.15, -0.1) is 11.3 Å². The first-order chi connectivity index (χ1) is 9.04. The maximum absolute atomic E-state index is 12.3. The van der Waals surface area contributed by atoms with E-state index in [1.165, 1.54) is 11.3 Å². The Bertz CT molecular complexity index is 519. The minimum Gasteiger partial charge on any atom is -0.381 e. The molecule has 2 rings (SSSR count). The Balaban J connectivity index is 1.99. The van der Waals surface area contributed by atoms with E-state index in [9.17, 15) is 8.42 Å². The highest BCUT2D eigenvalue weighted by Gasteiger charge is 2.23. The highest BCUT2D eigenvalue weighted by molar-refractivity contribution is 7.89. The summed E-state index contributed by atoms with van der Waals surface area (Å²) in [5.74, 6) is 0.472. The van der Waals surface area contributed by atoms with E-state index >= 15 is 0 Å². The number of rotatable bonds is 6. The average Bonchev–Trinajstić information content (AvgIpc) is 2.98. The summed E-state index contributed by atoms with van der Waals surface area (Å²) < 4.78 is 32.5. The number of nitrogens with two attached hydrogens (primary N) is 1. The molecule has 0 bridgehead atoms. The summed E-state index contributed by atoms with van der Waals surface area (Å²) in [6, 6.07) is 0. The number of ether oxygens (including phenoxy) is 1. The number of aryl methyl sites for hydroxylation is 1. The third-order valence-corrected chi connectivity index (χ3v) is 6.26. The first-order valence-corrected chi connectivity index (χ1v) is 8.75. The molecule has 19 heavy (non-hydrogen) atoms. The average molecular weight is 304 g/mol. The van der Waals surface area contributed by atoms with E-state index in [4.69, 9.17) is 10.5 Å². The first kappa shape index (κ1) is 14.9. The third-order valence-electron chi connectivity index (χ3n) is 3.31. The standard InChI is InChI=1S/C12H20N2O3S2/c1-9-8-18-11(6-13)12(9)19(15,16)14-4-2-10-3-5-17-7-10/h8,10,14H,2-7,13H2,1H3. The quantitative estimate of drug-likeness (QED) is 0.828. The molecule has 7 heteroatoms. The van der Waals surface area contributed by atoms with E-state index in [2.05, 4.69) is 4.72 Å². The third kappa shape index (κ3) is 3.55. The maximum atomic E-state index is 12.3. The summed E-state index contributed by atoms with van der Waals surface area (Å²) in [7, 11) is -3.44. The van der Waals surface area contributed by atoms with Crippen molar-refractivity contribution in [1.82, 2.24) is 4.72 Å². The zero-order valence-corrected chi connectivity index (χ0v) is 12.6. The fourth-order valence-corrected chi connectivity index (χ4v) is 5.02. The molecule has 1 fully saturated rings. The Hall–Kier alpha value is -0.470. The number of sulfonamides is 1. The van der Waals surface area contributed by atoms with Crippen LogP contribution in [0.3, 0.4) is 0 Å². The predicted octanol–water partition coefficient (Wildman–Crippen LogP) is 1.22. The molecule has 1 aromatic heterocycles. The molecule has 0 aliphatic carbocycles. The minimum atomic E-state index is -3.44. The van der Waals surface area contributed by atoms with Gasteiger partial charge in [-0.05, 0) is 36.6 Å². The van der Waals surface area contributed by atoms with Crippen LogP contribution in [-0.4, -0.2) is 28.2 Å². The second kappa shape index (κ2) is 6.32. The molecule has 0 radical (unpaired) electrons. The lowest BCUT2D eigenvalue weighted by Gasteiger charge is -2.10. The van der Waals surface area contributed by atoms with Gasteiger partial charge in [0.1, 0.15) is 4.90 Å². The predicted molar refractivity (Wildman–Crippen MR) is 75.7 cm³/mol. The summed E-state index contributed by atoms with van der Waals surface area (Å²) in [6.45, 7) is 4.04. The van der Waals surface area contributed by atoms with Gasteiger partial charge in [0.05, 0.1) is 0 Å². The van der Waals surface area contributed by atoms with E-state index < -0.39 is 10.0 Å². The molecule has 3 N–H and O–H groups in total. The smallest absolute Gasteiger partial charge is 0.241 e. The van der Waals surface area contributed by atoms with Gasteiger partial charge in [0, 0.05) is 31.2 Å². The molecule has 0 amide bonds. The van der Waals surface area contributed by atoms with Crippen LogP contribution in [0.4, 0.5) is 0 Å². The Labute approximate surface area is 118 Å². The Morgan fingerprint density at radius 1 is 1.58 bits per heavy atom. The van der Waals surface area contributed by atoms with Crippen LogP contribution in [0.1, 0.15) is 23.3 Å². The molecule has 1 atom stereocenters. The number of hydrogen-bond donors (Lipinski definition) is 2. The molecule has 0 spiro atoms. The molecular formula is C12H20N2O3S2. The van der Waals surface area contributed by atoms with Crippen LogP contribution in [0.15, 0.2) is 10.3 Å². The van der Waals surface area contributed by atoms with Crippen LogP contribution in [0, 0.1) is 12.8 Å². The fourth-order valence-electron chi connectivity index (χ4n) is 2.27. The zero-order chi connectivity index (χ0) is 13.9. The summed E-state index contributed by atoms with van der Waals surface area (Å²) in [5.41, 5.74) is 6.36. The molecule has 1 unspecified atom stereocenters. The lowest BCUT2D eigenvalue weighted by atomic mass is 10.1. The van der Waals surface area contributed by atoms with E-state index in [0.29, 0.717) is 22.2 Å². The first-order valence-electron chi connectivity index (χ1n) is 6.39. The van der Waals surface area contributed by atoms with E-state index in [-0.39, 0.29) is 6.54 Å². The summed E-state index contributed by atoms with van der Waals surface area (Å²) in [5, 5.41) is 1.83. The molecule has 0 saturated carbocycles. The molecule has 2 heterocycles. The molecule has 5 nitrogen and oxygen atoms in total. The van der Waals surface area contributed by atoms with Gasteiger partial charge in [0.15, 0.2) is 0 Å². The van der Waals surface area contributed by atoms with Crippen LogP contribution >= 0.6 is 11.3 Å². The van der Waals surface area contributed by atoms with E-state index in [1.54, 1.807) is 6.92 Å². The van der Waals surface area contributed by atoms with Crippen LogP contribution in [-0.2, 0) is 21.3 Å². The van der Waals surface area contributed by atoms with Gasteiger partial charge in [-0.3, -0.25) is 0 Å². The van der Waals surface area contributed by atoms with Gasteiger partial charge in [-0.2, -0.15) is 0 Å². The second-order valence-electron chi connectivity index (χ2n) is 4.79. The van der Waals surface area contributed by atoms with Gasteiger partial charge in [-0.25, -0.2) is 13.1 Å². The number of hydrogen-bond acceptors (Lipinski definition) is 5. The van der Waals surface area contributed by atoms with Crippen molar-refractivity contribution in [2.24, 2.45) is 11.7 Å². The SMILES string of the molecule is Cc1csc(CN)c1S(=O)(=O)NCCC1CCOC1. The number of thiophene rings is 1. The van der Waals surface area contributed by atoms with Gasteiger partial charge in [0.25, 0.3) is 0 Å². The highest BCUT2D eigenvalue weighted by atomic mass is 32.2. The lowest BCUT2D eigenvalue weighted by molar-refractivity contribution is 0.184. The zero-order valence-electron chi connectivity index (χ0n) is 11.0. The summed E-state index contributed by atoms with van der Waals surface area (Å²) in [4.78, 5) is 1.08. The Kier molecular flexibility index (Phi) is 4.97. The molecule has 1 saturated heterocycles. The summed E-state index contributed by atoms with van der Waals surface area (Å²) >= 11 is 1.40. The van der Waals surface area contributed by atoms with Crippen LogP contribution in [0.25, 0.3) is 0 Å². The van der Waals surface area contributed by atoms with Crippen molar-refractivity contribution in [3.8, 4) is 0 Å². The lowest BCUT2D eigenvalue weighted by Crippen LogP contribution is -2.27. The summed E-state index contributed by atoms with van der Waals surface area (Å²) in [6.07, 6.45) is 1.84. The van der Waals surface area contributed by atoms with Crippen molar-refractivity contribution < 1.29 is 13.2 Å². The van der Waals surface area contributed by atoms with Crippen molar-refractivity contribution in [2.45, 2.75) is 31.2 Å². The molecule has 0 aromatic carbocycles. The van der Waals surface area contributed by atoms with Gasteiger partial charge >= 0.3 is 0 Å². The molecular weight excluding hydrogens is 284 g/mol. The van der Waals surface area contributed by atoms with E-state index in [0.717, 1.165) is 31.6 Å². The van der Waals surface area contributed by atoms with Gasteiger partial charge < -0.3 is 10.5 Å². The monoisotopic (exact) mass is 304 g/mol. The Morgan fingerprint density at radius 3 is 3.00 bits per heavy atom. The van der Waals surface area contributed by atoms with Gasteiger partial charge in [0.2, 0.25) is 10.0 Å². The van der Waals surface area contributed by atoms with Crippen molar-refractivity contribution >= 4 is 21.4 Å². The normalized spacial score (nSPS) is 20.0. The molecule has 1 aliphatic heterocycles. The van der Waals surface area contributed by atoms with Crippen molar-refractivity contribution in [1.29, 1.82) is 0 Å². The van der Waals surface area contributed by atoms with Crippen molar-refractivity contribution in [3.63, 3.8) is 0 Å². The van der Waals surface area contributed by atoms with Crippen molar-refractivity contribution in [3.05, 3.63) is 15.8 Å². The Morgan fingerprint density at radius 2 is 2.37 bits per heavy atom. The van der Waals surface area contributed by atoms with Crippen LogP contribution < -0.4 is 10.5 Å². The molecule has 1 aliphatic rings. The largest absolute Gasteiger partial charge is 0.381 e. The van der Waals surface area contributed by atoms with Gasteiger partial charge in [-0.1, -0.05) is 0 Å². The molecule has 1 aromatic rings. The van der Waals surface area contributed by atoms with Crippen LogP contribution in [0.2, 0.25) is 0 Å². The topological polar surface area (TPSA) is 81.4 Å². The van der Waals surface area contributed by atoms with Crippen molar-refractivity contribution in [2.75, 3.05) is 19.8 Å². The molecule has 108 valence electrons. The minimum absolute atomic E-state index is 0.255. The second-order valence-corrected chi connectivity index (χ2v) is 7.46. The fraction of sp³-hybridized carbons (Fsp3) is 0.667. The highest BCUT2D eigenvalue weighted by Crippen LogP contribution is 2.26. The van der Waals surface area contributed by atoms with Crippen LogP contribution in [0.5, 0.6) is 0 Å². The van der Waals surface area contributed by atoms with E-state index in [1.807, 2.05) is 5.38 Å². The number of nitrogens with one attached hydrogen (secondary N) is 1. The maximum Gasteiger partial charge on any atom is 0.241 e.